The number of hydrogen-bond donors (Lipinski definition) is 1. The Morgan fingerprint density at radius 1 is 1.21 bits per heavy atom. The molecule has 2 aromatic rings. The fourth-order valence-corrected chi connectivity index (χ4v) is 4.93. The van der Waals surface area contributed by atoms with Crippen molar-refractivity contribution in [1.82, 2.24) is 0 Å². The number of fused-ring (bicyclic) bond motifs is 1. The zero-order chi connectivity index (χ0) is 20.3. The van der Waals surface area contributed by atoms with Crippen LogP contribution in [0.3, 0.4) is 0 Å². The molecule has 1 heterocycles. The number of aliphatic hydroxyl groups excluding tert-OH is 1. The van der Waals surface area contributed by atoms with Gasteiger partial charge < -0.3 is 9.84 Å². The van der Waals surface area contributed by atoms with Crippen LogP contribution in [0.4, 0.5) is 0 Å². The van der Waals surface area contributed by atoms with Gasteiger partial charge in [-0.15, -0.1) is 11.8 Å². The van der Waals surface area contributed by atoms with Crippen LogP contribution < -0.4 is 0 Å². The Balaban J connectivity index is 1.81. The second-order valence-electron chi connectivity index (χ2n) is 7.85. The van der Waals surface area contributed by atoms with E-state index >= 15 is 0 Å². The van der Waals surface area contributed by atoms with E-state index < -0.39 is 6.10 Å². The van der Waals surface area contributed by atoms with Gasteiger partial charge in [-0.3, -0.25) is 0 Å². The first-order valence-corrected chi connectivity index (χ1v) is 10.7. The molecule has 0 fully saturated rings. The molecule has 148 valence electrons. The number of ether oxygens (including phenoxy) is 1. The maximum atomic E-state index is 11.7. The van der Waals surface area contributed by atoms with Gasteiger partial charge in [0, 0.05) is 10.5 Å². The number of hydrogen-bond acceptors (Lipinski definition) is 4. The van der Waals surface area contributed by atoms with E-state index in [2.05, 4.69) is 26.0 Å². The topological polar surface area (TPSA) is 46.5 Å². The molecule has 0 aromatic heterocycles. The van der Waals surface area contributed by atoms with E-state index in [0.717, 1.165) is 28.9 Å². The van der Waals surface area contributed by atoms with Crippen LogP contribution >= 0.6 is 11.8 Å². The van der Waals surface area contributed by atoms with Crippen LogP contribution in [0, 0.1) is 0 Å². The number of carbonyl (C=O) groups excluding carboxylic acids is 1. The SMILES string of the molecule is CCOC(=O)C(C)=Cc1ccc(C(O)c2ccc3c(c2)C(C)(C)CCS3)cc1. The largest absolute Gasteiger partial charge is 0.463 e. The second kappa shape index (κ2) is 8.54. The van der Waals surface area contributed by atoms with Crippen molar-refractivity contribution in [3.05, 3.63) is 70.3 Å². The highest BCUT2D eigenvalue weighted by Crippen LogP contribution is 2.42. The maximum absolute atomic E-state index is 11.7. The molecule has 0 saturated heterocycles. The van der Waals surface area contributed by atoms with Crippen LogP contribution in [0.2, 0.25) is 0 Å². The molecule has 1 aliphatic heterocycles. The average Bonchev–Trinajstić information content (AvgIpc) is 2.68. The summed E-state index contributed by atoms with van der Waals surface area (Å²) in [4.78, 5) is 13.1. The van der Waals surface area contributed by atoms with Gasteiger partial charge in [0.15, 0.2) is 0 Å². The molecule has 1 N–H and O–H groups in total. The number of esters is 1. The lowest BCUT2D eigenvalue weighted by Crippen LogP contribution is -2.23. The van der Waals surface area contributed by atoms with Crippen molar-refractivity contribution < 1.29 is 14.6 Å². The third kappa shape index (κ3) is 4.50. The van der Waals surface area contributed by atoms with E-state index in [1.807, 2.05) is 42.1 Å². The molecule has 1 unspecified atom stereocenters. The normalized spacial score (nSPS) is 17.0. The minimum absolute atomic E-state index is 0.135. The van der Waals surface area contributed by atoms with Crippen molar-refractivity contribution in [2.75, 3.05) is 12.4 Å². The van der Waals surface area contributed by atoms with Crippen molar-refractivity contribution in [3.63, 3.8) is 0 Å². The lowest BCUT2D eigenvalue weighted by molar-refractivity contribution is -0.138. The highest BCUT2D eigenvalue weighted by atomic mass is 32.2. The monoisotopic (exact) mass is 396 g/mol. The van der Waals surface area contributed by atoms with Gasteiger partial charge in [0.2, 0.25) is 0 Å². The molecule has 0 radical (unpaired) electrons. The predicted molar refractivity (Wildman–Crippen MR) is 116 cm³/mol. The summed E-state index contributed by atoms with van der Waals surface area (Å²) in [6, 6.07) is 14.0. The summed E-state index contributed by atoms with van der Waals surface area (Å²) in [5.41, 5.74) is 4.68. The fourth-order valence-electron chi connectivity index (χ4n) is 3.44. The summed E-state index contributed by atoms with van der Waals surface area (Å²) in [6.07, 6.45) is 2.27. The quantitative estimate of drug-likeness (QED) is 0.535. The van der Waals surface area contributed by atoms with Crippen LogP contribution in [-0.4, -0.2) is 23.4 Å². The Morgan fingerprint density at radius 2 is 1.89 bits per heavy atom. The molecular formula is C24H28O3S. The van der Waals surface area contributed by atoms with Crippen molar-refractivity contribution in [1.29, 1.82) is 0 Å². The molecular weight excluding hydrogens is 368 g/mol. The minimum Gasteiger partial charge on any atom is -0.463 e. The molecule has 3 rings (SSSR count). The third-order valence-corrected chi connectivity index (χ3v) is 6.34. The standard InChI is InChI=1S/C24H28O3S/c1-5-27-23(26)16(2)14-17-6-8-18(9-7-17)22(25)19-10-11-21-20(15-19)24(3,4)12-13-28-21/h6-11,14-15,22,25H,5,12-13H2,1-4H3. The molecule has 0 spiro atoms. The van der Waals surface area contributed by atoms with Crippen LogP contribution in [0.15, 0.2) is 52.9 Å². The molecule has 4 heteroatoms. The smallest absolute Gasteiger partial charge is 0.333 e. The van der Waals surface area contributed by atoms with Gasteiger partial charge in [-0.1, -0.05) is 50.2 Å². The Morgan fingerprint density at radius 3 is 2.57 bits per heavy atom. The van der Waals surface area contributed by atoms with E-state index in [1.165, 1.54) is 10.5 Å². The highest BCUT2D eigenvalue weighted by Gasteiger charge is 2.28. The first-order chi connectivity index (χ1) is 13.3. The average molecular weight is 397 g/mol. The van der Waals surface area contributed by atoms with E-state index in [1.54, 1.807) is 19.9 Å². The summed E-state index contributed by atoms with van der Waals surface area (Å²) in [5.74, 6) is 0.836. The summed E-state index contributed by atoms with van der Waals surface area (Å²) in [5, 5.41) is 10.9. The van der Waals surface area contributed by atoms with Crippen molar-refractivity contribution >= 4 is 23.8 Å². The molecule has 0 amide bonds. The summed E-state index contributed by atoms with van der Waals surface area (Å²) >= 11 is 1.89. The van der Waals surface area contributed by atoms with E-state index in [9.17, 15) is 9.90 Å². The number of thioether (sulfide) groups is 1. The fraction of sp³-hybridized carbons (Fsp3) is 0.375. The zero-order valence-corrected chi connectivity index (χ0v) is 17.8. The van der Waals surface area contributed by atoms with Gasteiger partial charge in [-0.05, 0) is 65.8 Å². The van der Waals surface area contributed by atoms with Crippen molar-refractivity contribution in [2.24, 2.45) is 0 Å². The molecule has 0 aliphatic carbocycles. The third-order valence-electron chi connectivity index (χ3n) is 5.27. The second-order valence-corrected chi connectivity index (χ2v) is 8.99. The molecule has 28 heavy (non-hydrogen) atoms. The highest BCUT2D eigenvalue weighted by molar-refractivity contribution is 7.99. The number of carbonyl (C=O) groups is 1. The van der Waals surface area contributed by atoms with Gasteiger partial charge in [0.05, 0.1) is 6.61 Å². The number of aliphatic hydroxyl groups is 1. The summed E-state index contributed by atoms with van der Waals surface area (Å²) in [7, 11) is 0. The summed E-state index contributed by atoms with van der Waals surface area (Å²) in [6.45, 7) is 8.45. The molecule has 1 atom stereocenters. The molecule has 3 nitrogen and oxygen atoms in total. The summed E-state index contributed by atoms with van der Waals surface area (Å²) < 4.78 is 5.01. The number of rotatable bonds is 5. The van der Waals surface area contributed by atoms with Gasteiger partial charge in [0.1, 0.15) is 6.10 Å². The van der Waals surface area contributed by atoms with Crippen LogP contribution in [0.25, 0.3) is 6.08 Å². The number of benzene rings is 2. The van der Waals surface area contributed by atoms with Crippen LogP contribution in [0.5, 0.6) is 0 Å². The molecule has 2 aromatic carbocycles. The predicted octanol–water partition coefficient (Wildman–Crippen LogP) is 5.51. The Labute approximate surface area is 171 Å². The van der Waals surface area contributed by atoms with Crippen LogP contribution in [0.1, 0.15) is 62.5 Å². The molecule has 1 aliphatic rings. The van der Waals surface area contributed by atoms with E-state index in [4.69, 9.17) is 4.74 Å². The Hall–Kier alpha value is -2.04. The van der Waals surface area contributed by atoms with Gasteiger partial charge in [-0.2, -0.15) is 0 Å². The molecule has 0 saturated carbocycles. The van der Waals surface area contributed by atoms with Crippen molar-refractivity contribution in [3.8, 4) is 0 Å². The van der Waals surface area contributed by atoms with Crippen molar-refractivity contribution in [2.45, 2.75) is 50.5 Å². The van der Waals surface area contributed by atoms with Gasteiger partial charge in [0.25, 0.3) is 0 Å². The minimum atomic E-state index is -0.669. The molecule has 0 bridgehead atoms. The van der Waals surface area contributed by atoms with E-state index in [0.29, 0.717) is 12.2 Å². The Bertz CT molecular complexity index is 881. The lowest BCUT2D eigenvalue weighted by atomic mass is 9.80. The first-order valence-electron chi connectivity index (χ1n) is 9.72. The van der Waals surface area contributed by atoms with Crippen LogP contribution in [-0.2, 0) is 14.9 Å². The zero-order valence-electron chi connectivity index (χ0n) is 17.0. The first kappa shape index (κ1) is 20.7. The van der Waals surface area contributed by atoms with Gasteiger partial charge >= 0.3 is 5.97 Å². The van der Waals surface area contributed by atoms with E-state index in [-0.39, 0.29) is 11.4 Å². The Kier molecular flexibility index (Phi) is 6.31. The maximum Gasteiger partial charge on any atom is 0.333 e. The lowest BCUT2D eigenvalue weighted by Gasteiger charge is -2.32. The van der Waals surface area contributed by atoms with Gasteiger partial charge in [-0.25, -0.2) is 4.79 Å².